The summed E-state index contributed by atoms with van der Waals surface area (Å²) in [5, 5.41) is 2.91. The molecule has 0 spiro atoms. The summed E-state index contributed by atoms with van der Waals surface area (Å²) in [5.74, 6) is 0.730. The molecule has 0 saturated carbocycles. The van der Waals surface area contributed by atoms with E-state index in [1.165, 1.54) is 6.42 Å². The number of rotatable bonds is 8. The van der Waals surface area contributed by atoms with Crippen LogP contribution in [-0.4, -0.2) is 30.9 Å². The predicted molar refractivity (Wildman–Crippen MR) is 84.5 cm³/mol. The fraction of sp³-hybridized carbons (Fsp3) is 0.562. The van der Waals surface area contributed by atoms with Gasteiger partial charge in [-0.15, -0.1) is 0 Å². The second-order valence-electron chi connectivity index (χ2n) is 5.47. The van der Waals surface area contributed by atoms with Gasteiger partial charge in [-0.2, -0.15) is 0 Å². The van der Waals surface area contributed by atoms with Crippen LogP contribution in [0.1, 0.15) is 32.3 Å². The Morgan fingerprint density at radius 3 is 2.55 bits per heavy atom. The Labute approximate surface area is 122 Å². The monoisotopic (exact) mass is 277 g/mol. The van der Waals surface area contributed by atoms with Crippen LogP contribution >= 0.6 is 0 Å². The molecule has 4 heteroatoms. The Bertz CT molecular complexity index is 403. The second-order valence-corrected chi connectivity index (χ2v) is 5.47. The third-order valence-electron chi connectivity index (χ3n) is 3.51. The van der Waals surface area contributed by atoms with Crippen molar-refractivity contribution in [1.29, 1.82) is 0 Å². The van der Waals surface area contributed by atoms with E-state index in [0.29, 0.717) is 18.9 Å². The number of carbonyl (C=O) groups is 1. The number of carbonyl (C=O) groups excluding carboxylic acids is 1. The summed E-state index contributed by atoms with van der Waals surface area (Å²) >= 11 is 0. The number of anilines is 1. The van der Waals surface area contributed by atoms with Crippen molar-refractivity contribution in [3.05, 3.63) is 29.8 Å². The number of hydrogen-bond acceptors (Lipinski definition) is 3. The van der Waals surface area contributed by atoms with E-state index < -0.39 is 0 Å². The Kier molecular flexibility index (Phi) is 7.26. The van der Waals surface area contributed by atoms with Crippen LogP contribution in [0.3, 0.4) is 0 Å². The highest BCUT2D eigenvalue weighted by molar-refractivity contribution is 5.90. The van der Waals surface area contributed by atoms with Crippen LogP contribution in [-0.2, 0) is 11.3 Å². The van der Waals surface area contributed by atoms with E-state index in [1.807, 2.05) is 24.3 Å². The van der Waals surface area contributed by atoms with Crippen LogP contribution in [0.15, 0.2) is 24.3 Å². The molecule has 1 atom stereocenters. The lowest BCUT2D eigenvalue weighted by atomic mass is 10.1. The van der Waals surface area contributed by atoms with Crippen molar-refractivity contribution in [3.63, 3.8) is 0 Å². The first-order chi connectivity index (χ1) is 9.55. The van der Waals surface area contributed by atoms with E-state index in [1.54, 1.807) is 0 Å². The van der Waals surface area contributed by atoms with E-state index in [4.69, 9.17) is 5.73 Å². The fourth-order valence-corrected chi connectivity index (χ4v) is 1.99. The number of hydrogen-bond donors (Lipinski definition) is 2. The summed E-state index contributed by atoms with van der Waals surface area (Å²) in [6, 6.07) is 7.65. The highest BCUT2D eigenvalue weighted by Crippen LogP contribution is 2.09. The van der Waals surface area contributed by atoms with Crippen molar-refractivity contribution in [2.24, 2.45) is 11.7 Å². The first-order valence-electron chi connectivity index (χ1n) is 7.32. The van der Waals surface area contributed by atoms with Crippen molar-refractivity contribution in [1.82, 2.24) is 4.90 Å². The standard InChI is InChI=1S/C16H27N3O/c1-4-13(2)12-19(3)10-9-16(20)18-15-7-5-14(11-17)6-8-15/h5-8,13H,4,9-12,17H2,1-3H3,(H,18,20). The smallest absolute Gasteiger partial charge is 0.225 e. The van der Waals surface area contributed by atoms with Crippen molar-refractivity contribution in [2.75, 3.05) is 25.5 Å². The third-order valence-corrected chi connectivity index (χ3v) is 3.51. The van der Waals surface area contributed by atoms with Crippen LogP contribution in [0.2, 0.25) is 0 Å². The molecule has 0 fully saturated rings. The summed E-state index contributed by atoms with van der Waals surface area (Å²) in [4.78, 5) is 14.1. The quantitative estimate of drug-likeness (QED) is 0.767. The number of nitrogens with two attached hydrogens (primary N) is 1. The normalized spacial score (nSPS) is 12.4. The molecule has 1 amide bonds. The van der Waals surface area contributed by atoms with E-state index in [-0.39, 0.29) is 5.91 Å². The van der Waals surface area contributed by atoms with Gasteiger partial charge < -0.3 is 16.0 Å². The van der Waals surface area contributed by atoms with Gasteiger partial charge in [-0.25, -0.2) is 0 Å². The molecule has 1 aromatic carbocycles. The fourth-order valence-electron chi connectivity index (χ4n) is 1.99. The minimum Gasteiger partial charge on any atom is -0.326 e. The lowest BCUT2D eigenvalue weighted by molar-refractivity contribution is -0.116. The molecule has 4 nitrogen and oxygen atoms in total. The summed E-state index contributed by atoms with van der Waals surface area (Å²) in [7, 11) is 2.06. The minimum absolute atomic E-state index is 0.0569. The highest BCUT2D eigenvalue weighted by Gasteiger charge is 2.07. The van der Waals surface area contributed by atoms with Gasteiger partial charge in [0.1, 0.15) is 0 Å². The van der Waals surface area contributed by atoms with Crippen molar-refractivity contribution in [2.45, 2.75) is 33.2 Å². The van der Waals surface area contributed by atoms with E-state index in [2.05, 4.69) is 31.1 Å². The summed E-state index contributed by atoms with van der Waals surface area (Å²) in [6.45, 7) is 6.77. The van der Waals surface area contributed by atoms with Gasteiger partial charge in [-0.1, -0.05) is 32.4 Å². The SMILES string of the molecule is CCC(C)CN(C)CCC(=O)Nc1ccc(CN)cc1. The van der Waals surface area contributed by atoms with E-state index in [9.17, 15) is 4.79 Å². The van der Waals surface area contributed by atoms with Crippen molar-refractivity contribution in [3.8, 4) is 0 Å². The summed E-state index contributed by atoms with van der Waals surface area (Å²) < 4.78 is 0. The lowest BCUT2D eigenvalue weighted by Crippen LogP contribution is -2.28. The van der Waals surface area contributed by atoms with Gasteiger partial charge in [-0.3, -0.25) is 4.79 Å². The van der Waals surface area contributed by atoms with Gasteiger partial charge in [-0.05, 0) is 30.7 Å². The van der Waals surface area contributed by atoms with E-state index >= 15 is 0 Å². The first kappa shape index (κ1) is 16.7. The molecule has 1 unspecified atom stereocenters. The molecule has 0 aliphatic carbocycles. The Morgan fingerprint density at radius 2 is 2.00 bits per heavy atom. The molecular weight excluding hydrogens is 250 g/mol. The maximum absolute atomic E-state index is 11.9. The van der Waals surface area contributed by atoms with Crippen LogP contribution in [0.5, 0.6) is 0 Å². The Morgan fingerprint density at radius 1 is 1.35 bits per heavy atom. The minimum atomic E-state index is 0.0569. The molecule has 0 radical (unpaired) electrons. The summed E-state index contributed by atoms with van der Waals surface area (Å²) in [5.41, 5.74) is 7.44. The predicted octanol–water partition coefficient (Wildman–Crippen LogP) is 2.45. The average Bonchev–Trinajstić information content (AvgIpc) is 2.45. The lowest BCUT2D eigenvalue weighted by Gasteiger charge is -2.20. The molecule has 0 aliphatic heterocycles. The molecule has 112 valence electrons. The summed E-state index contributed by atoms with van der Waals surface area (Å²) in [6.07, 6.45) is 1.69. The van der Waals surface area contributed by atoms with Gasteiger partial charge >= 0.3 is 0 Å². The number of nitrogens with zero attached hydrogens (tertiary/aromatic N) is 1. The maximum atomic E-state index is 11.9. The molecule has 1 rings (SSSR count). The zero-order chi connectivity index (χ0) is 15.0. The van der Waals surface area contributed by atoms with Crippen molar-refractivity contribution >= 4 is 11.6 Å². The zero-order valence-corrected chi connectivity index (χ0v) is 12.9. The Balaban J connectivity index is 2.32. The molecule has 1 aromatic rings. The van der Waals surface area contributed by atoms with Gasteiger partial charge in [0.15, 0.2) is 0 Å². The first-order valence-corrected chi connectivity index (χ1v) is 7.32. The second kappa shape index (κ2) is 8.72. The molecule has 0 aromatic heterocycles. The zero-order valence-electron chi connectivity index (χ0n) is 12.9. The topological polar surface area (TPSA) is 58.4 Å². The van der Waals surface area contributed by atoms with Gasteiger partial charge in [0.05, 0.1) is 0 Å². The average molecular weight is 277 g/mol. The maximum Gasteiger partial charge on any atom is 0.225 e. The Hall–Kier alpha value is -1.39. The van der Waals surface area contributed by atoms with Crippen molar-refractivity contribution < 1.29 is 4.79 Å². The van der Waals surface area contributed by atoms with Crippen LogP contribution in [0, 0.1) is 5.92 Å². The van der Waals surface area contributed by atoms with Crippen LogP contribution in [0.25, 0.3) is 0 Å². The molecular formula is C16H27N3O. The van der Waals surface area contributed by atoms with Gasteiger partial charge in [0.25, 0.3) is 0 Å². The third kappa shape index (κ3) is 6.17. The molecule has 0 aliphatic rings. The number of benzene rings is 1. The van der Waals surface area contributed by atoms with Crippen LogP contribution in [0.4, 0.5) is 5.69 Å². The highest BCUT2D eigenvalue weighted by atomic mass is 16.1. The molecule has 0 saturated heterocycles. The van der Waals surface area contributed by atoms with Gasteiger partial charge in [0.2, 0.25) is 5.91 Å². The van der Waals surface area contributed by atoms with Gasteiger partial charge in [0, 0.05) is 31.7 Å². The van der Waals surface area contributed by atoms with Crippen LogP contribution < -0.4 is 11.1 Å². The number of nitrogens with one attached hydrogen (secondary N) is 1. The molecule has 0 heterocycles. The number of amides is 1. The van der Waals surface area contributed by atoms with E-state index in [0.717, 1.165) is 24.3 Å². The largest absolute Gasteiger partial charge is 0.326 e. The molecule has 0 bridgehead atoms. The molecule has 3 N–H and O–H groups in total. The molecule has 20 heavy (non-hydrogen) atoms.